The molecule has 2 rings (SSSR count). The molecule has 1 aromatic heterocycles. The normalized spacial score (nSPS) is 11.7. The fourth-order valence-electron chi connectivity index (χ4n) is 1.50. The Bertz CT molecular complexity index is 630. The maximum Gasteiger partial charge on any atom is 0.184 e. The first-order valence-corrected chi connectivity index (χ1v) is 7.91. The third-order valence-corrected chi connectivity index (χ3v) is 5.34. The minimum atomic E-state index is -3.32. The van der Waals surface area contributed by atoms with Gasteiger partial charge < -0.3 is 5.73 Å². The molecule has 0 radical (unpaired) electrons. The average molecular weight is 282 g/mol. The van der Waals surface area contributed by atoms with Crippen LogP contribution in [0.4, 0.5) is 0 Å². The van der Waals surface area contributed by atoms with Gasteiger partial charge in [0.05, 0.1) is 4.90 Å². The van der Waals surface area contributed by atoms with Crippen LogP contribution in [-0.4, -0.2) is 13.4 Å². The van der Waals surface area contributed by atoms with Gasteiger partial charge in [0.1, 0.15) is 10.8 Å². The lowest BCUT2D eigenvalue weighted by atomic mass is 10.2. The summed E-state index contributed by atoms with van der Waals surface area (Å²) in [4.78, 5) is 5.30. The summed E-state index contributed by atoms with van der Waals surface area (Å²) < 4.78 is 24.3. The highest BCUT2D eigenvalue weighted by Crippen LogP contribution is 2.20. The SMILES string of the molecule is Cc1ccc(S(=O)(=O)Cc2ncc(CN)s2)cc1. The summed E-state index contributed by atoms with van der Waals surface area (Å²) in [5.74, 6) is -0.0687. The van der Waals surface area contributed by atoms with Crippen molar-refractivity contribution < 1.29 is 8.42 Å². The summed E-state index contributed by atoms with van der Waals surface area (Å²) in [6.07, 6.45) is 1.63. The number of rotatable bonds is 4. The van der Waals surface area contributed by atoms with E-state index in [1.54, 1.807) is 30.5 Å². The van der Waals surface area contributed by atoms with E-state index < -0.39 is 9.84 Å². The van der Waals surface area contributed by atoms with Crippen LogP contribution in [0.5, 0.6) is 0 Å². The van der Waals surface area contributed by atoms with Crippen LogP contribution in [0.25, 0.3) is 0 Å². The molecule has 1 aromatic carbocycles. The van der Waals surface area contributed by atoms with Crippen molar-refractivity contribution in [1.82, 2.24) is 4.98 Å². The van der Waals surface area contributed by atoms with Crippen LogP contribution < -0.4 is 5.73 Å². The molecule has 18 heavy (non-hydrogen) atoms. The zero-order valence-electron chi connectivity index (χ0n) is 9.96. The molecule has 2 N–H and O–H groups in total. The molecule has 0 amide bonds. The molecule has 96 valence electrons. The standard InChI is InChI=1S/C12H14N2O2S2/c1-9-2-4-11(5-3-9)18(15,16)8-12-14-7-10(6-13)17-12/h2-5,7H,6,8,13H2,1H3. The zero-order chi connectivity index (χ0) is 13.2. The summed E-state index contributed by atoms with van der Waals surface area (Å²) in [6, 6.07) is 6.84. The fourth-order valence-corrected chi connectivity index (χ4v) is 3.92. The van der Waals surface area contributed by atoms with Crippen molar-refractivity contribution in [3.05, 3.63) is 45.9 Å². The van der Waals surface area contributed by atoms with Gasteiger partial charge in [-0.25, -0.2) is 13.4 Å². The number of nitrogens with two attached hydrogens (primary N) is 1. The molecule has 0 saturated carbocycles. The van der Waals surface area contributed by atoms with E-state index in [0.717, 1.165) is 10.4 Å². The Labute approximate surface area is 110 Å². The molecule has 0 fully saturated rings. The molecule has 0 unspecified atom stereocenters. The number of hydrogen-bond acceptors (Lipinski definition) is 5. The lowest BCUT2D eigenvalue weighted by molar-refractivity contribution is 0.595. The van der Waals surface area contributed by atoms with Crippen LogP contribution in [0.1, 0.15) is 15.4 Å². The van der Waals surface area contributed by atoms with Crippen molar-refractivity contribution in [1.29, 1.82) is 0 Å². The molecule has 0 spiro atoms. The maximum atomic E-state index is 12.1. The molecular formula is C12H14N2O2S2. The topological polar surface area (TPSA) is 73.0 Å². The number of aryl methyl sites for hydroxylation is 1. The summed E-state index contributed by atoms with van der Waals surface area (Å²) in [6.45, 7) is 2.31. The fraction of sp³-hybridized carbons (Fsp3) is 0.250. The molecule has 0 bridgehead atoms. The van der Waals surface area contributed by atoms with Crippen LogP contribution in [0.15, 0.2) is 35.4 Å². The smallest absolute Gasteiger partial charge is 0.184 e. The van der Waals surface area contributed by atoms with Gasteiger partial charge in [-0.15, -0.1) is 11.3 Å². The van der Waals surface area contributed by atoms with Gasteiger partial charge >= 0.3 is 0 Å². The molecule has 0 aliphatic carbocycles. The van der Waals surface area contributed by atoms with Crippen molar-refractivity contribution >= 4 is 21.2 Å². The Kier molecular flexibility index (Phi) is 3.79. The van der Waals surface area contributed by atoms with Crippen LogP contribution in [0.3, 0.4) is 0 Å². The van der Waals surface area contributed by atoms with E-state index in [-0.39, 0.29) is 5.75 Å². The lowest BCUT2D eigenvalue weighted by Crippen LogP contribution is -2.04. The third kappa shape index (κ3) is 2.95. The minimum absolute atomic E-state index is 0.0687. The van der Waals surface area contributed by atoms with E-state index in [0.29, 0.717) is 16.4 Å². The molecule has 0 aliphatic rings. The predicted octanol–water partition coefficient (Wildman–Crippen LogP) is 1.88. The Hall–Kier alpha value is -1.24. The number of sulfone groups is 1. The highest BCUT2D eigenvalue weighted by atomic mass is 32.2. The van der Waals surface area contributed by atoms with Gasteiger partial charge in [-0.05, 0) is 19.1 Å². The van der Waals surface area contributed by atoms with Crippen LogP contribution in [0, 0.1) is 6.92 Å². The van der Waals surface area contributed by atoms with E-state index in [4.69, 9.17) is 5.73 Å². The monoisotopic (exact) mass is 282 g/mol. The Morgan fingerprint density at radius 3 is 2.50 bits per heavy atom. The Balaban J connectivity index is 2.24. The van der Waals surface area contributed by atoms with Crippen LogP contribution >= 0.6 is 11.3 Å². The number of aromatic nitrogens is 1. The predicted molar refractivity (Wildman–Crippen MR) is 72.1 cm³/mol. The quantitative estimate of drug-likeness (QED) is 0.929. The first-order valence-electron chi connectivity index (χ1n) is 5.44. The maximum absolute atomic E-state index is 12.1. The molecule has 0 aliphatic heterocycles. The van der Waals surface area contributed by atoms with Crippen LogP contribution in [-0.2, 0) is 22.1 Å². The van der Waals surface area contributed by atoms with E-state index in [1.165, 1.54) is 11.3 Å². The van der Waals surface area contributed by atoms with Gasteiger partial charge in [0, 0.05) is 17.6 Å². The number of benzene rings is 1. The van der Waals surface area contributed by atoms with E-state index in [1.807, 2.05) is 6.92 Å². The first kappa shape index (κ1) is 13.2. The largest absolute Gasteiger partial charge is 0.326 e. The van der Waals surface area contributed by atoms with E-state index in [2.05, 4.69) is 4.98 Å². The Morgan fingerprint density at radius 1 is 1.28 bits per heavy atom. The van der Waals surface area contributed by atoms with Gasteiger partial charge in [0.25, 0.3) is 0 Å². The van der Waals surface area contributed by atoms with Crippen molar-refractivity contribution in [3.63, 3.8) is 0 Å². The van der Waals surface area contributed by atoms with Gasteiger partial charge in [-0.2, -0.15) is 0 Å². The summed E-state index contributed by atoms with van der Waals surface area (Å²) >= 11 is 1.34. The Morgan fingerprint density at radius 2 is 1.94 bits per heavy atom. The van der Waals surface area contributed by atoms with Crippen LogP contribution in [0.2, 0.25) is 0 Å². The molecule has 4 nitrogen and oxygen atoms in total. The van der Waals surface area contributed by atoms with Crippen molar-refractivity contribution in [3.8, 4) is 0 Å². The number of nitrogens with zero attached hydrogens (tertiary/aromatic N) is 1. The van der Waals surface area contributed by atoms with Gasteiger partial charge in [0.15, 0.2) is 9.84 Å². The van der Waals surface area contributed by atoms with Gasteiger partial charge in [0.2, 0.25) is 0 Å². The van der Waals surface area contributed by atoms with Crippen molar-refractivity contribution in [2.45, 2.75) is 24.1 Å². The number of thiazole rings is 1. The lowest BCUT2D eigenvalue weighted by Gasteiger charge is -2.02. The third-order valence-electron chi connectivity index (χ3n) is 2.50. The van der Waals surface area contributed by atoms with Crippen molar-refractivity contribution in [2.24, 2.45) is 5.73 Å². The molecule has 6 heteroatoms. The average Bonchev–Trinajstić information content (AvgIpc) is 2.76. The summed E-state index contributed by atoms with van der Waals surface area (Å²) in [5.41, 5.74) is 6.51. The summed E-state index contributed by atoms with van der Waals surface area (Å²) in [7, 11) is -3.32. The first-order chi connectivity index (χ1) is 8.51. The van der Waals surface area contributed by atoms with E-state index >= 15 is 0 Å². The molecule has 0 saturated heterocycles. The second-order valence-corrected chi connectivity index (χ2v) is 7.19. The van der Waals surface area contributed by atoms with E-state index in [9.17, 15) is 8.42 Å². The minimum Gasteiger partial charge on any atom is -0.326 e. The number of hydrogen-bond donors (Lipinski definition) is 1. The highest BCUT2D eigenvalue weighted by molar-refractivity contribution is 7.90. The van der Waals surface area contributed by atoms with Gasteiger partial charge in [-0.1, -0.05) is 17.7 Å². The molecule has 0 atom stereocenters. The molecule has 1 heterocycles. The highest BCUT2D eigenvalue weighted by Gasteiger charge is 2.17. The van der Waals surface area contributed by atoms with Crippen molar-refractivity contribution in [2.75, 3.05) is 0 Å². The zero-order valence-corrected chi connectivity index (χ0v) is 11.6. The summed E-state index contributed by atoms with van der Waals surface area (Å²) in [5, 5.41) is 0.580. The second-order valence-electron chi connectivity index (χ2n) is 4.00. The molecular weight excluding hydrogens is 268 g/mol. The second kappa shape index (κ2) is 5.17. The molecule has 2 aromatic rings. The van der Waals surface area contributed by atoms with Gasteiger partial charge in [-0.3, -0.25) is 0 Å².